The van der Waals surface area contributed by atoms with Crippen molar-refractivity contribution in [1.29, 1.82) is 0 Å². The molecule has 0 aromatic heterocycles. The van der Waals surface area contributed by atoms with Crippen molar-refractivity contribution in [2.45, 2.75) is 19.3 Å². The number of hydrogen-bond acceptors (Lipinski definition) is 4. The fourth-order valence-corrected chi connectivity index (χ4v) is 3.73. The summed E-state index contributed by atoms with van der Waals surface area (Å²) >= 11 is 0. The lowest BCUT2D eigenvalue weighted by molar-refractivity contribution is -0.136. The molecule has 3 N–H and O–H groups in total. The van der Waals surface area contributed by atoms with E-state index in [0.29, 0.717) is 18.4 Å². The molecule has 0 bridgehead atoms. The SMILES string of the molecule is Cl.Cl.NC[C@H]1CCC[C@H]1C(=O)N1CCN(c2ccc(O)cc2)CC1. The minimum absolute atomic E-state index is 0. The average Bonchev–Trinajstić information content (AvgIpc) is 3.04. The highest BCUT2D eigenvalue weighted by atomic mass is 35.5. The minimum Gasteiger partial charge on any atom is -0.508 e. The summed E-state index contributed by atoms with van der Waals surface area (Å²) in [6.45, 7) is 3.86. The van der Waals surface area contributed by atoms with E-state index >= 15 is 0 Å². The molecule has 0 radical (unpaired) electrons. The second-order valence-corrected chi connectivity index (χ2v) is 6.36. The third kappa shape index (κ3) is 4.47. The van der Waals surface area contributed by atoms with Crippen LogP contribution in [-0.2, 0) is 4.79 Å². The maximum absolute atomic E-state index is 12.7. The number of nitrogens with two attached hydrogens (primary N) is 1. The second-order valence-electron chi connectivity index (χ2n) is 6.36. The lowest BCUT2D eigenvalue weighted by Crippen LogP contribution is -2.51. The zero-order chi connectivity index (χ0) is 15.5. The number of phenols is 1. The third-order valence-electron chi connectivity index (χ3n) is 5.09. The van der Waals surface area contributed by atoms with Crippen LogP contribution in [0.1, 0.15) is 19.3 Å². The zero-order valence-corrected chi connectivity index (χ0v) is 15.4. The van der Waals surface area contributed by atoms with Crippen LogP contribution < -0.4 is 10.6 Å². The molecule has 0 spiro atoms. The number of carbonyl (C=O) groups is 1. The van der Waals surface area contributed by atoms with Gasteiger partial charge in [-0.15, -0.1) is 24.8 Å². The van der Waals surface area contributed by atoms with Gasteiger partial charge in [0.1, 0.15) is 5.75 Å². The second kappa shape index (κ2) is 9.35. The number of nitrogens with zero attached hydrogens (tertiary/aromatic N) is 2. The molecule has 1 aromatic rings. The van der Waals surface area contributed by atoms with Crippen molar-refractivity contribution in [3.63, 3.8) is 0 Å². The summed E-state index contributed by atoms with van der Waals surface area (Å²) in [5.74, 6) is 1.11. The van der Waals surface area contributed by atoms with Crippen molar-refractivity contribution in [2.75, 3.05) is 37.6 Å². The first-order valence-electron chi connectivity index (χ1n) is 8.22. The molecule has 1 saturated carbocycles. The number of amides is 1. The van der Waals surface area contributed by atoms with Gasteiger partial charge in [0.15, 0.2) is 0 Å². The quantitative estimate of drug-likeness (QED) is 0.849. The lowest BCUT2D eigenvalue weighted by atomic mass is 9.94. The maximum atomic E-state index is 12.7. The van der Waals surface area contributed by atoms with Crippen LogP contribution >= 0.6 is 24.8 Å². The predicted octanol–water partition coefficient (Wildman–Crippen LogP) is 2.26. The van der Waals surface area contributed by atoms with Crippen molar-refractivity contribution in [2.24, 2.45) is 17.6 Å². The Labute approximate surface area is 156 Å². The van der Waals surface area contributed by atoms with Crippen LogP contribution in [0.25, 0.3) is 0 Å². The molecule has 136 valence electrons. The summed E-state index contributed by atoms with van der Waals surface area (Å²) < 4.78 is 0. The first-order valence-corrected chi connectivity index (χ1v) is 8.22. The fourth-order valence-electron chi connectivity index (χ4n) is 3.73. The van der Waals surface area contributed by atoms with Gasteiger partial charge in [0.05, 0.1) is 0 Å². The van der Waals surface area contributed by atoms with E-state index in [9.17, 15) is 9.90 Å². The average molecular weight is 376 g/mol. The van der Waals surface area contributed by atoms with Crippen LogP contribution in [-0.4, -0.2) is 48.6 Å². The number of piperazine rings is 1. The highest BCUT2D eigenvalue weighted by molar-refractivity contribution is 5.85. The van der Waals surface area contributed by atoms with Crippen LogP contribution in [0.15, 0.2) is 24.3 Å². The van der Waals surface area contributed by atoms with Gasteiger partial charge >= 0.3 is 0 Å². The van der Waals surface area contributed by atoms with Gasteiger partial charge in [0.2, 0.25) is 5.91 Å². The van der Waals surface area contributed by atoms with Crippen LogP contribution in [0, 0.1) is 11.8 Å². The molecule has 1 aliphatic heterocycles. The Morgan fingerprint density at radius 3 is 2.29 bits per heavy atom. The van der Waals surface area contributed by atoms with Crippen LogP contribution in [0.4, 0.5) is 5.69 Å². The van der Waals surface area contributed by atoms with Crippen LogP contribution in [0.3, 0.4) is 0 Å². The van der Waals surface area contributed by atoms with Crippen molar-refractivity contribution in [3.8, 4) is 5.75 Å². The van der Waals surface area contributed by atoms with Gasteiger partial charge < -0.3 is 20.6 Å². The Kier molecular flexibility index (Phi) is 8.13. The summed E-state index contributed by atoms with van der Waals surface area (Å²) in [4.78, 5) is 16.9. The van der Waals surface area contributed by atoms with E-state index in [1.807, 2.05) is 17.0 Å². The van der Waals surface area contributed by atoms with Gasteiger partial charge in [-0.05, 0) is 49.6 Å². The minimum atomic E-state index is 0. The van der Waals surface area contributed by atoms with Gasteiger partial charge in [0, 0.05) is 37.8 Å². The Morgan fingerprint density at radius 1 is 1.08 bits per heavy atom. The normalized spacial score (nSPS) is 23.4. The summed E-state index contributed by atoms with van der Waals surface area (Å²) in [6.07, 6.45) is 3.23. The van der Waals surface area contributed by atoms with Crippen LogP contribution in [0.2, 0.25) is 0 Å². The molecule has 2 fully saturated rings. The molecule has 1 saturated heterocycles. The van der Waals surface area contributed by atoms with E-state index in [-0.39, 0.29) is 36.5 Å². The molecule has 24 heavy (non-hydrogen) atoms. The molecular weight excluding hydrogens is 349 g/mol. The molecule has 7 heteroatoms. The van der Waals surface area contributed by atoms with Crippen molar-refractivity contribution < 1.29 is 9.90 Å². The molecular formula is C17H27Cl2N3O2. The highest BCUT2D eigenvalue weighted by Crippen LogP contribution is 2.32. The lowest BCUT2D eigenvalue weighted by Gasteiger charge is -2.37. The smallest absolute Gasteiger partial charge is 0.226 e. The summed E-state index contributed by atoms with van der Waals surface area (Å²) in [5.41, 5.74) is 6.90. The number of carbonyl (C=O) groups excluding carboxylic acids is 1. The van der Waals surface area contributed by atoms with Crippen molar-refractivity contribution >= 4 is 36.4 Å². The Balaban J connectivity index is 0.00000144. The number of benzene rings is 1. The molecule has 2 atom stereocenters. The molecule has 2 aliphatic rings. The van der Waals surface area contributed by atoms with E-state index in [1.54, 1.807) is 12.1 Å². The van der Waals surface area contributed by atoms with Gasteiger partial charge in [-0.2, -0.15) is 0 Å². The van der Waals surface area contributed by atoms with Gasteiger partial charge in [0.25, 0.3) is 0 Å². The third-order valence-corrected chi connectivity index (χ3v) is 5.09. The van der Waals surface area contributed by atoms with Crippen molar-refractivity contribution in [1.82, 2.24) is 4.90 Å². The number of rotatable bonds is 3. The van der Waals surface area contributed by atoms with Gasteiger partial charge in [-0.25, -0.2) is 0 Å². The predicted molar refractivity (Wildman–Crippen MR) is 101 cm³/mol. The Bertz CT molecular complexity index is 519. The largest absolute Gasteiger partial charge is 0.508 e. The van der Waals surface area contributed by atoms with E-state index < -0.39 is 0 Å². The van der Waals surface area contributed by atoms with E-state index in [2.05, 4.69) is 4.90 Å². The Hall–Kier alpha value is -1.17. The Morgan fingerprint density at radius 2 is 1.71 bits per heavy atom. The number of hydrogen-bond donors (Lipinski definition) is 2. The highest BCUT2D eigenvalue weighted by Gasteiger charge is 2.35. The molecule has 0 unspecified atom stereocenters. The number of halogens is 2. The molecule has 3 rings (SSSR count). The molecule has 1 aromatic carbocycles. The zero-order valence-electron chi connectivity index (χ0n) is 13.8. The molecule has 1 aliphatic carbocycles. The van der Waals surface area contributed by atoms with Gasteiger partial charge in [-0.3, -0.25) is 4.79 Å². The number of phenolic OH excluding ortho intramolecular Hbond substituents is 1. The molecule has 5 nitrogen and oxygen atoms in total. The first kappa shape index (κ1) is 20.9. The van der Waals surface area contributed by atoms with E-state index in [4.69, 9.17) is 5.73 Å². The molecule has 1 amide bonds. The van der Waals surface area contributed by atoms with Gasteiger partial charge in [-0.1, -0.05) is 6.42 Å². The monoisotopic (exact) mass is 375 g/mol. The molecule has 1 heterocycles. The summed E-state index contributed by atoms with van der Waals surface area (Å²) in [6, 6.07) is 7.26. The fraction of sp³-hybridized carbons (Fsp3) is 0.588. The van der Waals surface area contributed by atoms with Crippen LogP contribution in [0.5, 0.6) is 5.75 Å². The topological polar surface area (TPSA) is 69.8 Å². The number of aromatic hydroxyl groups is 1. The number of anilines is 1. The van der Waals surface area contributed by atoms with E-state index in [0.717, 1.165) is 51.1 Å². The van der Waals surface area contributed by atoms with Crippen molar-refractivity contribution in [3.05, 3.63) is 24.3 Å². The van der Waals surface area contributed by atoms with E-state index in [1.165, 1.54) is 0 Å². The standard InChI is InChI=1S/C17H25N3O2.2ClH/c18-12-13-2-1-3-16(13)17(22)20-10-8-19(9-11-20)14-4-6-15(21)7-5-14;;/h4-7,13,16,21H,1-3,8-12,18H2;2*1H/t13-,16-;;/m1../s1. The summed E-state index contributed by atoms with van der Waals surface area (Å²) in [5, 5.41) is 9.36. The summed E-state index contributed by atoms with van der Waals surface area (Å²) in [7, 11) is 0. The maximum Gasteiger partial charge on any atom is 0.226 e. The first-order chi connectivity index (χ1) is 10.7.